The molecule has 1 aromatic heterocycles. The van der Waals surface area contributed by atoms with Gasteiger partial charge in [-0.25, -0.2) is 4.79 Å². The van der Waals surface area contributed by atoms with Gasteiger partial charge in [0.25, 0.3) is 11.8 Å². The number of nitrogens with zero attached hydrogens (tertiary/aromatic N) is 1. The van der Waals surface area contributed by atoms with Crippen molar-refractivity contribution in [2.45, 2.75) is 27.0 Å². The zero-order valence-electron chi connectivity index (χ0n) is 19.2. The van der Waals surface area contributed by atoms with Crippen LogP contribution in [0.3, 0.4) is 0 Å². The minimum atomic E-state index is -0.818. The Balaban J connectivity index is 1.61. The van der Waals surface area contributed by atoms with Crippen LogP contribution in [0, 0.1) is 6.92 Å². The molecule has 1 N–H and O–H groups in total. The Morgan fingerprint density at radius 1 is 1.09 bits per heavy atom. The first-order valence-electron chi connectivity index (χ1n) is 10.9. The first-order valence-corrected chi connectivity index (χ1v) is 11.3. The minimum Gasteiger partial charge on any atom is -0.490 e. The number of imide groups is 2. The quantitative estimate of drug-likeness (QED) is 0.354. The summed E-state index contributed by atoms with van der Waals surface area (Å²) in [5.41, 5.74) is 2.32. The van der Waals surface area contributed by atoms with Crippen molar-refractivity contribution >= 4 is 35.5 Å². The Morgan fingerprint density at radius 3 is 2.54 bits per heavy atom. The van der Waals surface area contributed by atoms with Gasteiger partial charge in [0.15, 0.2) is 11.5 Å². The van der Waals surface area contributed by atoms with E-state index in [2.05, 4.69) is 5.32 Å². The van der Waals surface area contributed by atoms with Crippen LogP contribution in [0.4, 0.5) is 4.79 Å². The van der Waals surface area contributed by atoms with Gasteiger partial charge in [0.05, 0.1) is 24.4 Å². The molecule has 0 atom stereocenters. The van der Waals surface area contributed by atoms with Gasteiger partial charge in [0.1, 0.15) is 17.9 Å². The predicted octanol–water partition coefficient (Wildman–Crippen LogP) is 4.88. The molecule has 180 valence electrons. The van der Waals surface area contributed by atoms with Crippen LogP contribution < -0.4 is 14.8 Å². The summed E-state index contributed by atoms with van der Waals surface area (Å²) in [6, 6.07) is 13.6. The van der Waals surface area contributed by atoms with Crippen LogP contribution in [-0.2, 0) is 22.7 Å². The number of carbonyl (C=O) groups is 3. The molecule has 0 saturated carbocycles. The molecule has 0 unspecified atom stereocenters. The van der Waals surface area contributed by atoms with E-state index in [4.69, 9.17) is 25.5 Å². The number of hydrogen-bond acceptors (Lipinski definition) is 6. The molecule has 4 amide bonds. The fraction of sp³-hybridized carbons (Fsp3) is 0.192. The van der Waals surface area contributed by atoms with Crippen molar-refractivity contribution in [1.29, 1.82) is 0 Å². The lowest BCUT2D eigenvalue weighted by molar-refractivity contribution is -0.130. The highest BCUT2D eigenvalue weighted by molar-refractivity contribution is 6.33. The zero-order valence-corrected chi connectivity index (χ0v) is 19.9. The first-order chi connectivity index (χ1) is 16.9. The first kappa shape index (κ1) is 24.1. The van der Waals surface area contributed by atoms with E-state index in [1.807, 2.05) is 38.1 Å². The van der Waals surface area contributed by atoms with E-state index in [1.54, 1.807) is 24.3 Å². The van der Waals surface area contributed by atoms with Crippen molar-refractivity contribution in [3.8, 4) is 11.5 Å². The Hall–Kier alpha value is -4.04. The van der Waals surface area contributed by atoms with Crippen LogP contribution in [0.25, 0.3) is 6.08 Å². The number of furan rings is 1. The fourth-order valence-corrected chi connectivity index (χ4v) is 3.75. The molecule has 2 heterocycles. The summed E-state index contributed by atoms with van der Waals surface area (Å²) in [4.78, 5) is 38.6. The van der Waals surface area contributed by atoms with E-state index in [-0.39, 0.29) is 23.7 Å². The Bertz CT molecular complexity index is 1280. The van der Waals surface area contributed by atoms with E-state index in [0.717, 1.165) is 16.0 Å². The molecule has 2 aromatic carbocycles. The summed E-state index contributed by atoms with van der Waals surface area (Å²) in [6.07, 6.45) is 2.79. The van der Waals surface area contributed by atoms with Gasteiger partial charge in [-0.3, -0.25) is 19.8 Å². The number of aryl methyl sites for hydroxylation is 1. The molecule has 8 nitrogen and oxygen atoms in total. The predicted molar refractivity (Wildman–Crippen MR) is 129 cm³/mol. The molecule has 0 spiro atoms. The van der Waals surface area contributed by atoms with Gasteiger partial charge in [0.2, 0.25) is 0 Å². The average Bonchev–Trinajstić information content (AvgIpc) is 3.34. The molecule has 3 aromatic rings. The third-order valence-electron chi connectivity index (χ3n) is 5.23. The number of benzene rings is 2. The number of amides is 4. The van der Waals surface area contributed by atoms with Gasteiger partial charge in [-0.05, 0) is 55.3 Å². The lowest BCUT2D eigenvalue weighted by Gasteiger charge is -2.25. The van der Waals surface area contributed by atoms with Crippen molar-refractivity contribution in [2.24, 2.45) is 0 Å². The van der Waals surface area contributed by atoms with Crippen molar-refractivity contribution in [3.63, 3.8) is 0 Å². The van der Waals surface area contributed by atoms with Crippen LogP contribution in [0.1, 0.15) is 29.4 Å². The average molecular weight is 495 g/mol. The maximum Gasteiger partial charge on any atom is 0.331 e. The highest BCUT2D eigenvalue weighted by Crippen LogP contribution is 2.38. The van der Waals surface area contributed by atoms with E-state index in [0.29, 0.717) is 29.4 Å². The van der Waals surface area contributed by atoms with Crippen LogP contribution in [0.15, 0.2) is 64.8 Å². The zero-order chi connectivity index (χ0) is 24.9. The second kappa shape index (κ2) is 10.5. The van der Waals surface area contributed by atoms with Crippen molar-refractivity contribution in [1.82, 2.24) is 10.2 Å². The smallest absolute Gasteiger partial charge is 0.331 e. The monoisotopic (exact) mass is 494 g/mol. The number of urea groups is 1. The SMILES string of the molecule is CCOc1cc(/C=C2\C(=O)NC(=O)N(Cc3ccco3)C2=O)cc(Cl)c1OCc1ccc(C)cc1. The normalized spacial score (nSPS) is 14.9. The number of rotatable bonds is 8. The second-order valence-electron chi connectivity index (χ2n) is 7.83. The summed E-state index contributed by atoms with van der Waals surface area (Å²) in [5, 5.41) is 2.43. The molecule has 1 aliphatic heterocycles. The van der Waals surface area contributed by atoms with Crippen molar-refractivity contribution < 1.29 is 28.3 Å². The lowest BCUT2D eigenvalue weighted by Crippen LogP contribution is -2.53. The summed E-state index contributed by atoms with van der Waals surface area (Å²) in [7, 11) is 0. The van der Waals surface area contributed by atoms with Crippen molar-refractivity contribution in [2.75, 3.05) is 6.61 Å². The maximum atomic E-state index is 13.0. The molecule has 0 bridgehead atoms. The third-order valence-corrected chi connectivity index (χ3v) is 5.51. The maximum absolute atomic E-state index is 13.0. The van der Waals surface area contributed by atoms with E-state index >= 15 is 0 Å². The van der Waals surface area contributed by atoms with E-state index < -0.39 is 17.8 Å². The number of ether oxygens (including phenoxy) is 2. The summed E-state index contributed by atoms with van der Waals surface area (Å²) in [5.74, 6) is -0.427. The van der Waals surface area contributed by atoms with Crippen LogP contribution in [0.2, 0.25) is 5.02 Å². The molecule has 9 heteroatoms. The highest BCUT2D eigenvalue weighted by Gasteiger charge is 2.36. The van der Waals surface area contributed by atoms with Gasteiger partial charge < -0.3 is 13.9 Å². The van der Waals surface area contributed by atoms with Crippen LogP contribution >= 0.6 is 11.6 Å². The summed E-state index contributed by atoms with van der Waals surface area (Å²) >= 11 is 6.50. The lowest BCUT2D eigenvalue weighted by atomic mass is 10.1. The summed E-state index contributed by atoms with van der Waals surface area (Å²) in [6.45, 7) is 4.34. The van der Waals surface area contributed by atoms with Gasteiger partial charge in [-0.1, -0.05) is 41.4 Å². The number of nitrogens with one attached hydrogen (secondary N) is 1. The van der Waals surface area contributed by atoms with Crippen molar-refractivity contribution in [3.05, 3.63) is 87.8 Å². The molecule has 1 fully saturated rings. The molecule has 4 rings (SSSR count). The van der Waals surface area contributed by atoms with E-state index in [9.17, 15) is 14.4 Å². The second-order valence-corrected chi connectivity index (χ2v) is 8.23. The Kier molecular flexibility index (Phi) is 7.22. The molecular weight excluding hydrogens is 472 g/mol. The number of hydrogen-bond donors (Lipinski definition) is 1. The molecule has 0 radical (unpaired) electrons. The molecule has 35 heavy (non-hydrogen) atoms. The number of carbonyl (C=O) groups excluding carboxylic acids is 3. The number of halogens is 1. The van der Waals surface area contributed by atoms with Crippen LogP contribution in [0.5, 0.6) is 11.5 Å². The Labute approximate surface area is 207 Å². The fourth-order valence-electron chi connectivity index (χ4n) is 3.48. The summed E-state index contributed by atoms with van der Waals surface area (Å²) < 4.78 is 16.9. The highest BCUT2D eigenvalue weighted by atomic mass is 35.5. The van der Waals surface area contributed by atoms with Gasteiger partial charge >= 0.3 is 6.03 Å². The Morgan fingerprint density at radius 2 is 1.86 bits per heavy atom. The van der Waals surface area contributed by atoms with Gasteiger partial charge in [-0.2, -0.15) is 0 Å². The topological polar surface area (TPSA) is 98.1 Å². The van der Waals surface area contributed by atoms with Crippen LogP contribution in [-0.4, -0.2) is 29.4 Å². The molecule has 0 aliphatic carbocycles. The third kappa shape index (κ3) is 5.55. The standard InChI is InChI=1S/C26H23ClN2O6/c1-3-33-22-13-18(12-21(27)23(22)35-15-17-8-6-16(2)7-9-17)11-20-24(30)28-26(32)29(25(20)31)14-19-5-4-10-34-19/h4-13H,3,14-15H2,1-2H3,(H,28,30,32)/b20-11+. The number of barbiturate groups is 1. The minimum absolute atomic E-state index is 0.112. The van der Waals surface area contributed by atoms with Gasteiger partial charge in [-0.15, -0.1) is 0 Å². The van der Waals surface area contributed by atoms with Gasteiger partial charge in [0, 0.05) is 0 Å². The molecule has 1 saturated heterocycles. The van der Waals surface area contributed by atoms with E-state index in [1.165, 1.54) is 12.3 Å². The molecule has 1 aliphatic rings. The largest absolute Gasteiger partial charge is 0.490 e. The molecular formula is C26H23ClN2O6.